The summed E-state index contributed by atoms with van der Waals surface area (Å²) >= 11 is 4.89. The summed E-state index contributed by atoms with van der Waals surface area (Å²) in [7, 11) is 0. The van der Waals surface area contributed by atoms with E-state index in [-0.39, 0.29) is 0 Å². The van der Waals surface area contributed by atoms with Crippen molar-refractivity contribution >= 4 is 17.2 Å². The Hall–Kier alpha value is -0.370. The molecule has 0 aromatic heterocycles. The molecule has 1 N–H and O–H groups in total. The van der Waals surface area contributed by atoms with E-state index in [0.717, 1.165) is 4.99 Å². The number of rotatable bonds is 1. The third-order valence-electron chi connectivity index (χ3n) is 1.40. The Morgan fingerprint density at radius 1 is 1.78 bits per heavy atom. The van der Waals surface area contributed by atoms with Crippen LogP contribution in [-0.2, 0) is 0 Å². The van der Waals surface area contributed by atoms with E-state index in [1.807, 2.05) is 6.92 Å². The van der Waals surface area contributed by atoms with E-state index in [4.69, 9.17) is 12.2 Å². The van der Waals surface area contributed by atoms with E-state index in [2.05, 4.69) is 17.5 Å². The van der Waals surface area contributed by atoms with Gasteiger partial charge in [-0.25, -0.2) is 0 Å². The molecule has 0 bridgehead atoms. The van der Waals surface area contributed by atoms with E-state index in [1.54, 1.807) is 0 Å². The van der Waals surface area contributed by atoms with Gasteiger partial charge < -0.3 is 5.32 Å². The van der Waals surface area contributed by atoms with E-state index in [9.17, 15) is 0 Å². The first kappa shape index (κ1) is 6.75. The first-order chi connectivity index (χ1) is 4.29. The lowest BCUT2D eigenvalue weighted by molar-refractivity contribution is 0.708. The molecule has 1 unspecified atom stereocenters. The van der Waals surface area contributed by atoms with Crippen molar-refractivity contribution in [3.63, 3.8) is 0 Å². The minimum absolute atomic E-state index is 0.516. The van der Waals surface area contributed by atoms with Crippen LogP contribution in [0.4, 0.5) is 0 Å². The quantitative estimate of drug-likeness (QED) is 0.440. The second-order valence-electron chi connectivity index (χ2n) is 2.31. The molecule has 0 radical (unpaired) electrons. The van der Waals surface area contributed by atoms with Crippen LogP contribution < -0.4 is 5.32 Å². The van der Waals surface area contributed by atoms with Crippen molar-refractivity contribution in [1.29, 1.82) is 0 Å². The van der Waals surface area contributed by atoms with E-state index < -0.39 is 0 Å². The highest BCUT2D eigenvalue weighted by atomic mass is 32.1. The summed E-state index contributed by atoms with van der Waals surface area (Å²) in [6.45, 7) is 1.92. The van der Waals surface area contributed by atoms with Gasteiger partial charge in [0, 0.05) is 6.04 Å². The lowest BCUT2D eigenvalue weighted by Gasteiger charge is -2.08. The Morgan fingerprint density at radius 3 is 3.00 bits per heavy atom. The summed E-state index contributed by atoms with van der Waals surface area (Å²) in [5, 5.41) is 3.19. The van der Waals surface area contributed by atoms with Gasteiger partial charge in [0.25, 0.3) is 0 Å². The molecule has 0 aromatic carbocycles. The van der Waals surface area contributed by atoms with Crippen molar-refractivity contribution in [3.8, 4) is 0 Å². The summed E-state index contributed by atoms with van der Waals surface area (Å²) in [6, 6.07) is 0.516. The predicted octanol–water partition coefficient (Wildman–Crippen LogP) is 1.64. The highest BCUT2D eigenvalue weighted by Crippen LogP contribution is 2.08. The zero-order valence-corrected chi connectivity index (χ0v) is 6.37. The Labute approximate surface area is 61.1 Å². The summed E-state index contributed by atoms with van der Waals surface area (Å²) in [4.78, 5) is 0.895. The van der Waals surface area contributed by atoms with Gasteiger partial charge in [0.1, 0.15) is 0 Å². The molecule has 0 fully saturated rings. The molecule has 0 amide bonds. The molecule has 0 spiro atoms. The van der Waals surface area contributed by atoms with Gasteiger partial charge >= 0.3 is 0 Å². The highest BCUT2D eigenvalue weighted by Gasteiger charge is 2.06. The number of nitrogens with one attached hydrogen (secondary N) is 1. The maximum atomic E-state index is 4.89. The predicted molar refractivity (Wildman–Crippen MR) is 43.6 cm³/mol. The number of thiocarbonyl (C=S) groups is 1. The third kappa shape index (κ3) is 2.14. The minimum atomic E-state index is 0.516. The number of hydrogen-bond acceptors (Lipinski definition) is 1. The fraction of sp³-hybridized carbons (Fsp3) is 0.571. The molecule has 50 valence electrons. The SMILES string of the molecule is CC(=S)NC1C=CCC1. The molecule has 9 heavy (non-hydrogen) atoms. The maximum Gasteiger partial charge on any atom is 0.0726 e. The molecule has 1 aliphatic carbocycles. The van der Waals surface area contributed by atoms with Gasteiger partial charge in [-0.05, 0) is 19.8 Å². The second-order valence-corrected chi connectivity index (χ2v) is 2.92. The topological polar surface area (TPSA) is 12.0 Å². The summed E-state index contributed by atoms with van der Waals surface area (Å²) < 4.78 is 0. The first-order valence-electron chi connectivity index (χ1n) is 3.23. The van der Waals surface area contributed by atoms with Gasteiger partial charge in [-0.15, -0.1) is 0 Å². The van der Waals surface area contributed by atoms with Gasteiger partial charge in [-0.3, -0.25) is 0 Å². The van der Waals surface area contributed by atoms with Gasteiger partial charge in [0.05, 0.1) is 4.99 Å². The Bertz CT molecular complexity index is 140. The van der Waals surface area contributed by atoms with Gasteiger partial charge in [0.2, 0.25) is 0 Å². The molecule has 1 atom stereocenters. The molecule has 0 saturated heterocycles. The van der Waals surface area contributed by atoms with E-state index in [0.29, 0.717) is 6.04 Å². The van der Waals surface area contributed by atoms with Gasteiger partial charge in [-0.2, -0.15) is 0 Å². The summed E-state index contributed by atoms with van der Waals surface area (Å²) in [5.74, 6) is 0. The van der Waals surface area contributed by atoms with E-state index >= 15 is 0 Å². The zero-order valence-electron chi connectivity index (χ0n) is 5.55. The van der Waals surface area contributed by atoms with Crippen molar-refractivity contribution in [2.45, 2.75) is 25.8 Å². The molecule has 0 aliphatic heterocycles. The van der Waals surface area contributed by atoms with Crippen molar-refractivity contribution in [2.24, 2.45) is 0 Å². The van der Waals surface area contributed by atoms with Crippen molar-refractivity contribution in [2.75, 3.05) is 0 Å². The largest absolute Gasteiger partial charge is 0.374 e. The monoisotopic (exact) mass is 141 g/mol. The second kappa shape index (κ2) is 2.97. The Balaban J connectivity index is 2.28. The van der Waals surface area contributed by atoms with Crippen LogP contribution >= 0.6 is 12.2 Å². The van der Waals surface area contributed by atoms with Crippen LogP contribution in [0.15, 0.2) is 12.2 Å². The highest BCUT2D eigenvalue weighted by molar-refractivity contribution is 7.80. The summed E-state index contributed by atoms with van der Waals surface area (Å²) in [5.41, 5.74) is 0. The van der Waals surface area contributed by atoms with Crippen LogP contribution in [0, 0.1) is 0 Å². The number of hydrogen-bond donors (Lipinski definition) is 1. The van der Waals surface area contributed by atoms with Crippen LogP contribution in [0.5, 0.6) is 0 Å². The van der Waals surface area contributed by atoms with Crippen LogP contribution in [0.3, 0.4) is 0 Å². The first-order valence-corrected chi connectivity index (χ1v) is 3.63. The minimum Gasteiger partial charge on any atom is -0.374 e. The smallest absolute Gasteiger partial charge is 0.0726 e. The molecule has 2 heteroatoms. The zero-order chi connectivity index (χ0) is 6.69. The average molecular weight is 141 g/mol. The van der Waals surface area contributed by atoms with Gasteiger partial charge in [0.15, 0.2) is 0 Å². The fourth-order valence-corrected chi connectivity index (χ4v) is 1.17. The van der Waals surface area contributed by atoms with Crippen LogP contribution in [0.2, 0.25) is 0 Å². The molecule has 0 aromatic rings. The van der Waals surface area contributed by atoms with Crippen molar-refractivity contribution in [1.82, 2.24) is 5.32 Å². The molecule has 1 aliphatic rings. The molecule has 0 heterocycles. The number of allylic oxidation sites excluding steroid dienone is 1. The molecule has 1 rings (SSSR count). The molecule has 0 saturated carbocycles. The molecular weight excluding hydrogens is 130 g/mol. The average Bonchev–Trinajstić information content (AvgIpc) is 2.15. The Kier molecular flexibility index (Phi) is 2.22. The lowest BCUT2D eigenvalue weighted by Crippen LogP contribution is -2.28. The van der Waals surface area contributed by atoms with Gasteiger partial charge in [-0.1, -0.05) is 24.4 Å². The van der Waals surface area contributed by atoms with Crippen molar-refractivity contribution in [3.05, 3.63) is 12.2 Å². The molecule has 1 nitrogen and oxygen atoms in total. The summed E-state index contributed by atoms with van der Waals surface area (Å²) in [6.07, 6.45) is 6.76. The third-order valence-corrected chi connectivity index (χ3v) is 1.52. The van der Waals surface area contributed by atoms with E-state index in [1.165, 1.54) is 12.8 Å². The molecular formula is C7H11NS. The van der Waals surface area contributed by atoms with Crippen LogP contribution in [0.25, 0.3) is 0 Å². The lowest BCUT2D eigenvalue weighted by atomic mass is 10.3. The Morgan fingerprint density at radius 2 is 2.56 bits per heavy atom. The standard InChI is InChI=1S/C7H11NS/c1-6(9)8-7-4-2-3-5-7/h2,4,7H,3,5H2,1H3,(H,8,9). The fourth-order valence-electron chi connectivity index (χ4n) is 1.01. The van der Waals surface area contributed by atoms with Crippen LogP contribution in [0.1, 0.15) is 19.8 Å². The van der Waals surface area contributed by atoms with Crippen molar-refractivity contribution < 1.29 is 0 Å². The van der Waals surface area contributed by atoms with Crippen LogP contribution in [-0.4, -0.2) is 11.0 Å². The normalized spacial score (nSPS) is 24.3. The maximum absolute atomic E-state index is 4.89.